The number of nitrogens with one attached hydrogen (secondary N) is 2. The van der Waals surface area contributed by atoms with Crippen molar-refractivity contribution in [2.45, 2.75) is 12.5 Å². The zero-order valence-corrected chi connectivity index (χ0v) is 18.5. The van der Waals surface area contributed by atoms with Crippen LogP contribution in [0.15, 0.2) is 48.5 Å². The number of rotatable bonds is 7. The van der Waals surface area contributed by atoms with Crippen LogP contribution in [-0.2, 0) is 19.9 Å². The smallest absolute Gasteiger partial charge is 0.325 e. The number of amides is 5. The highest BCUT2D eigenvalue weighted by molar-refractivity contribution is 6.33. The lowest BCUT2D eigenvalue weighted by Gasteiger charge is -2.23. The van der Waals surface area contributed by atoms with Gasteiger partial charge < -0.3 is 15.5 Å². The number of hydrogen-bond donors (Lipinski definition) is 2. The van der Waals surface area contributed by atoms with E-state index in [1.165, 1.54) is 38.2 Å². The van der Waals surface area contributed by atoms with E-state index in [1.54, 1.807) is 24.3 Å². The maximum Gasteiger partial charge on any atom is 0.325 e. The number of carbonyl (C=O) groups is 4. The molecule has 0 aromatic heterocycles. The van der Waals surface area contributed by atoms with Crippen LogP contribution in [0.25, 0.3) is 0 Å². The van der Waals surface area contributed by atoms with Crippen molar-refractivity contribution in [2.24, 2.45) is 0 Å². The molecule has 172 valence electrons. The maximum absolute atomic E-state index is 13.0. The van der Waals surface area contributed by atoms with Crippen LogP contribution in [0.2, 0.25) is 5.02 Å². The predicted molar refractivity (Wildman–Crippen MR) is 118 cm³/mol. The summed E-state index contributed by atoms with van der Waals surface area (Å²) in [6.45, 7) is 0.457. The van der Waals surface area contributed by atoms with Crippen LogP contribution in [-0.4, -0.2) is 58.6 Å². The Morgan fingerprint density at radius 1 is 1.21 bits per heavy atom. The first-order valence-electron chi connectivity index (χ1n) is 9.70. The maximum atomic E-state index is 13.0. The topological polar surface area (TPSA) is 142 Å². The number of hydrogen-bond acceptors (Lipinski definition) is 6. The van der Waals surface area contributed by atoms with Gasteiger partial charge in [-0.3, -0.25) is 29.4 Å². The predicted octanol–water partition coefficient (Wildman–Crippen LogP) is 2.11. The summed E-state index contributed by atoms with van der Waals surface area (Å²) in [6, 6.07) is 11.1. The average Bonchev–Trinajstić information content (AvgIpc) is 2.99. The number of para-hydroxylation sites is 1. The molecule has 1 atom stereocenters. The Morgan fingerprint density at radius 2 is 1.91 bits per heavy atom. The van der Waals surface area contributed by atoms with Gasteiger partial charge in [0.1, 0.15) is 12.1 Å². The molecule has 2 aromatic carbocycles. The largest absolute Gasteiger partial charge is 0.335 e. The van der Waals surface area contributed by atoms with E-state index in [0.717, 1.165) is 4.90 Å². The SMILES string of the molecule is CN(CC(=O)Nc1ccccc1Cl)C(=O)CN1C(=O)NC(C)(c2cccc([N+](=O)[O-])c2)C1=O. The Labute approximate surface area is 193 Å². The monoisotopic (exact) mass is 473 g/mol. The standard InChI is InChI=1S/C21H20ClN5O6/c1-21(13-6-5-7-14(10-13)27(32)33)19(30)26(20(31)24-21)12-18(29)25(2)11-17(28)23-16-9-4-3-8-15(16)22/h3-10H,11-12H2,1-2H3,(H,23,28)(H,24,31). The molecule has 1 aliphatic heterocycles. The fourth-order valence-corrected chi connectivity index (χ4v) is 3.46. The number of halogens is 1. The second kappa shape index (κ2) is 9.25. The van der Waals surface area contributed by atoms with Gasteiger partial charge in [-0.2, -0.15) is 0 Å². The van der Waals surface area contributed by atoms with E-state index >= 15 is 0 Å². The number of anilines is 1. The number of nitrogens with zero attached hydrogens (tertiary/aromatic N) is 3. The molecule has 1 heterocycles. The number of carbonyl (C=O) groups excluding carboxylic acids is 4. The molecule has 33 heavy (non-hydrogen) atoms. The number of urea groups is 1. The lowest BCUT2D eigenvalue weighted by atomic mass is 9.91. The first kappa shape index (κ1) is 23.7. The van der Waals surface area contributed by atoms with Crippen molar-refractivity contribution in [3.8, 4) is 0 Å². The van der Waals surface area contributed by atoms with Crippen LogP contribution in [0, 0.1) is 10.1 Å². The molecule has 2 N–H and O–H groups in total. The zero-order chi connectivity index (χ0) is 24.3. The van der Waals surface area contributed by atoms with Crippen molar-refractivity contribution in [3.05, 3.63) is 69.2 Å². The van der Waals surface area contributed by atoms with Gasteiger partial charge in [-0.25, -0.2) is 4.79 Å². The van der Waals surface area contributed by atoms with Crippen molar-refractivity contribution >= 4 is 46.7 Å². The van der Waals surface area contributed by atoms with Gasteiger partial charge in [0.05, 0.1) is 22.2 Å². The highest BCUT2D eigenvalue weighted by Crippen LogP contribution is 2.30. The molecule has 5 amide bonds. The van der Waals surface area contributed by atoms with Crippen LogP contribution < -0.4 is 10.6 Å². The molecule has 1 unspecified atom stereocenters. The number of non-ortho nitro benzene ring substituents is 1. The van der Waals surface area contributed by atoms with Crippen LogP contribution in [0.4, 0.5) is 16.2 Å². The van der Waals surface area contributed by atoms with Gasteiger partial charge in [-0.15, -0.1) is 0 Å². The Balaban J connectivity index is 1.67. The number of nitro benzene ring substituents is 1. The van der Waals surface area contributed by atoms with Gasteiger partial charge in [0, 0.05) is 19.2 Å². The minimum Gasteiger partial charge on any atom is -0.335 e. The Bertz CT molecular complexity index is 1160. The molecule has 0 saturated carbocycles. The molecule has 0 bridgehead atoms. The summed E-state index contributed by atoms with van der Waals surface area (Å²) in [5.74, 6) is -1.91. The number of nitro groups is 1. The summed E-state index contributed by atoms with van der Waals surface area (Å²) in [5.41, 5.74) is -1.23. The van der Waals surface area contributed by atoms with Crippen molar-refractivity contribution in [1.29, 1.82) is 0 Å². The summed E-state index contributed by atoms with van der Waals surface area (Å²) in [4.78, 5) is 62.5. The van der Waals surface area contributed by atoms with E-state index in [0.29, 0.717) is 15.6 Å². The zero-order valence-electron chi connectivity index (χ0n) is 17.7. The van der Waals surface area contributed by atoms with E-state index in [1.807, 2.05) is 0 Å². The second-order valence-corrected chi connectivity index (χ2v) is 7.94. The third-order valence-corrected chi connectivity index (χ3v) is 5.49. The van der Waals surface area contributed by atoms with Crippen LogP contribution in [0.1, 0.15) is 12.5 Å². The molecule has 1 aliphatic rings. The molecule has 1 saturated heterocycles. The second-order valence-electron chi connectivity index (χ2n) is 7.53. The first-order valence-corrected chi connectivity index (χ1v) is 10.1. The third-order valence-electron chi connectivity index (χ3n) is 5.16. The van der Waals surface area contributed by atoms with Gasteiger partial charge in [-0.05, 0) is 24.6 Å². The summed E-state index contributed by atoms with van der Waals surface area (Å²) >= 11 is 6.00. The van der Waals surface area contributed by atoms with E-state index in [9.17, 15) is 29.3 Å². The summed E-state index contributed by atoms with van der Waals surface area (Å²) in [5, 5.41) is 16.5. The van der Waals surface area contributed by atoms with Crippen LogP contribution in [0.5, 0.6) is 0 Å². The highest BCUT2D eigenvalue weighted by atomic mass is 35.5. The van der Waals surface area contributed by atoms with Crippen LogP contribution >= 0.6 is 11.6 Å². The Morgan fingerprint density at radius 3 is 2.58 bits per heavy atom. The minimum absolute atomic E-state index is 0.206. The van der Waals surface area contributed by atoms with E-state index in [2.05, 4.69) is 10.6 Å². The fraction of sp³-hybridized carbons (Fsp3) is 0.238. The molecule has 2 aromatic rings. The summed E-state index contributed by atoms with van der Waals surface area (Å²) in [7, 11) is 1.35. The lowest BCUT2D eigenvalue weighted by Crippen LogP contribution is -2.45. The van der Waals surface area contributed by atoms with Crippen molar-refractivity contribution in [3.63, 3.8) is 0 Å². The molecular weight excluding hydrogens is 454 g/mol. The van der Waals surface area contributed by atoms with Crippen molar-refractivity contribution in [2.75, 3.05) is 25.5 Å². The number of likely N-dealkylation sites (N-methyl/N-ethyl adjacent to an activating group) is 1. The molecule has 12 heteroatoms. The van der Waals surface area contributed by atoms with E-state index in [-0.39, 0.29) is 17.8 Å². The molecule has 11 nitrogen and oxygen atoms in total. The van der Waals surface area contributed by atoms with Gasteiger partial charge in [0.2, 0.25) is 11.8 Å². The van der Waals surface area contributed by atoms with Crippen LogP contribution in [0.3, 0.4) is 0 Å². The van der Waals surface area contributed by atoms with Gasteiger partial charge in [0.25, 0.3) is 11.6 Å². The highest BCUT2D eigenvalue weighted by Gasteiger charge is 2.50. The summed E-state index contributed by atoms with van der Waals surface area (Å²) in [6.07, 6.45) is 0. The van der Waals surface area contributed by atoms with Gasteiger partial charge in [-0.1, -0.05) is 35.9 Å². The van der Waals surface area contributed by atoms with E-state index in [4.69, 9.17) is 11.6 Å². The third kappa shape index (κ3) is 4.93. The number of imide groups is 1. The number of benzene rings is 2. The van der Waals surface area contributed by atoms with Gasteiger partial charge in [0.15, 0.2) is 0 Å². The van der Waals surface area contributed by atoms with Gasteiger partial charge >= 0.3 is 6.03 Å². The molecular formula is C21H20ClN5O6. The first-order chi connectivity index (χ1) is 15.5. The molecule has 3 rings (SSSR count). The quantitative estimate of drug-likeness (QED) is 0.358. The fourth-order valence-electron chi connectivity index (χ4n) is 3.28. The lowest BCUT2D eigenvalue weighted by molar-refractivity contribution is -0.385. The Kier molecular flexibility index (Phi) is 6.63. The summed E-state index contributed by atoms with van der Waals surface area (Å²) < 4.78 is 0. The molecule has 1 fully saturated rings. The molecule has 0 radical (unpaired) electrons. The molecule has 0 aliphatic carbocycles. The Hall–Kier alpha value is -3.99. The minimum atomic E-state index is -1.58. The van der Waals surface area contributed by atoms with Crippen molar-refractivity contribution in [1.82, 2.24) is 15.1 Å². The van der Waals surface area contributed by atoms with Crippen molar-refractivity contribution < 1.29 is 24.1 Å². The molecule has 0 spiro atoms. The average molecular weight is 474 g/mol. The normalized spacial score (nSPS) is 17.5. The van der Waals surface area contributed by atoms with E-state index < -0.39 is 40.8 Å².